The number of rotatable bonds is 4. The molecule has 0 radical (unpaired) electrons. The maximum Gasteiger partial charge on any atom is 0.195 e. The fraction of sp³-hybridized carbons (Fsp3) is 0.200. The zero-order valence-electron chi connectivity index (χ0n) is 11.3. The predicted octanol–water partition coefficient (Wildman–Crippen LogP) is 3.58. The molecule has 2 heterocycles. The molecule has 1 aromatic carbocycles. The summed E-state index contributed by atoms with van der Waals surface area (Å²) in [5.74, 6) is 0.751. The van der Waals surface area contributed by atoms with Gasteiger partial charge in [0.15, 0.2) is 11.2 Å². The van der Waals surface area contributed by atoms with Crippen molar-refractivity contribution in [3.05, 3.63) is 41.0 Å². The van der Waals surface area contributed by atoms with Crippen molar-refractivity contribution in [2.75, 3.05) is 6.61 Å². The maximum absolute atomic E-state index is 11.5. The largest absolute Gasteiger partial charge is 0.493 e. The molecule has 0 unspecified atom stereocenters. The molecule has 4 nitrogen and oxygen atoms in total. The SMILES string of the molecule is CCOc1ccccc1-c1nc2scc(C)n2c1C=O. The van der Waals surface area contributed by atoms with Crippen LogP contribution in [0.15, 0.2) is 29.6 Å². The molecule has 0 aliphatic carbocycles. The molecular weight excluding hydrogens is 272 g/mol. The third kappa shape index (κ3) is 1.91. The number of nitrogens with zero attached hydrogens (tertiary/aromatic N) is 2. The van der Waals surface area contributed by atoms with E-state index < -0.39 is 0 Å². The van der Waals surface area contributed by atoms with E-state index in [2.05, 4.69) is 4.98 Å². The van der Waals surface area contributed by atoms with Gasteiger partial charge in [0.1, 0.15) is 17.1 Å². The number of thiazole rings is 1. The lowest BCUT2D eigenvalue weighted by molar-refractivity contribution is 0.111. The summed E-state index contributed by atoms with van der Waals surface area (Å²) < 4.78 is 7.52. The minimum absolute atomic E-state index is 0.575. The number of benzene rings is 1. The third-order valence-electron chi connectivity index (χ3n) is 3.12. The van der Waals surface area contributed by atoms with Crippen LogP contribution in [-0.4, -0.2) is 22.3 Å². The number of hydrogen-bond donors (Lipinski definition) is 0. The van der Waals surface area contributed by atoms with Crippen molar-refractivity contribution in [1.29, 1.82) is 0 Å². The monoisotopic (exact) mass is 286 g/mol. The number of fused-ring (bicyclic) bond motifs is 1. The van der Waals surface area contributed by atoms with Crippen molar-refractivity contribution in [2.24, 2.45) is 0 Å². The van der Waals surface area contributed by atoms with Crippen LogP contribution >= 0.6 is 11.3 Å². The molecule has 0 aliphatic rings. The molecule has 0 bridgehead atoms. The van der Waals surface area contributed by atoms with Crippen molar-refractivity contribution in [2.45, 2.75) is 13.8 Å². The molecule has 3 aromatic rings. The van der Waals surface area contributed by atoms with Crippen molar-refractivity contribution in [3.63, 3.8) is 0 Å². The van der Waals surface area contributed by atoms with Crippen LogP contribution in [0, 0.1) is 6.92 Å². The third-order valence-corrected chi connectivity index (χ3v) is 4.07. The Morgan fingerprint density at radius 1 is 1.40 bits per heavy atom. The van der Waals surface area contributed by atoms with Crippen molar-refractivity contribution in [1.82, 2.24) is 9.38 Å². The number of aldehydes is 1. The molecule has 0 saturated heterocycles. The highest BCUT2D eigenvalue weighted by molar-refractivity contribution is 7.15. The smallest absolute Gasteiger partial charge is 0.195 e. The van der Waals surface area contributed by atoms with E-state index in [1.165, 1.54) is 11.3 Å². The van der Waals surface area contributed by atoms with Crippen LogP contribution in [0.1, 0.15) is 23.1 Å². The Labute approximate surface area is 120 Å². The van der Waals surface area contributed by atoms with Crippen LogP contribution in [0.2, 0.25) is 0 Å². The Bertz CT molecular complexity index is 773. The number of aromatic nitrogens is 2. The predicted molar refractivity (Wildman–Crippen MR) is 79.8 cm³/mol. The highest BCUT2D eigenvalue weighted by Gasteiger charge is 2.18. The van der Waals surface area contributed by atoms with Crippen molar-refractivity contribution >= 4 is 22.6 Å². The first-order valence-corrected chi connectivity index (χ1v) is 7.28. The van der Waals surface area contributed by atoms with E-state index in [1.807, 2.05) is 47.9 Å². The summed E-state index contributed by atoms with van der Waals surface area (Å²) >= 11 is 1.53. The molecular formula is C15H14N2O2S. The van der Waals surface area contributed by atoms with Gasteiger partial charge in [-0.25, -0.2) is 4.98 Å². The fourth-order valence-electron chi connectivity index (χ4n) is 2.27. The number of carbonyl (C=O) groups is 1. The standard InChI is InChI=1S/C15H14N2O2S/c1-3-19-13-7-5-4-6-11(13)14-12(8-18)17-10(2)9-20-15(17)16-14/h4-9H,3H2,1-2H3. The summed E-state index contributed by atoms with van der Waals surface area (Å²) in [6.45, 7) is 4.48. The first-order valence-electron chi connectivity index (χ1n) is 6.40. The zero-order chi connectivity index (χ0) is 14.1. The molecule has 0 saturated carbocycles. The Hall–Kier alpha value is -2.14. The normalized spacial score (nSPS) is 10.9. The number of aryl methyl sites for hydroxylation is 1. The van der Waals surface area contributed by atoms with Crippen LogP contribution in [0.5, 0.6) is 5.75 Å². The fourth-order valence-corrected chi connectivity index (χ4v) is 3.15. The second-order valence-electron chi connectivity index (χ2n) is 4.39. The minimum Gasteiger partial charge on any atom is -0.493 e. The number of hydrogen-bond acceptors (Lipinski definition) is 4. The van der Waals surface area contributed by atoms with Crippen LogP contribution in [0.4, 0.5) is 0 Å². The summed E-state index contributed by atoms with van der Waals surface area (Å²) in [5, 5.41) is 1.99. The second-order valence-corrected chi connectivity index (χ2v) is 5.22. The van der Waals surface area contributed by atoms with Gasteiger partial charge in [0.25, 0.3) is 0 Å². The van der Waals surface area contributed by atoms with Crippen LogP contribution < -0.4 is 4.74 Å². The molecule has 0 spiro atoms. The average molecular weight is 286 g/mol. The summed E-state index contributed by atoms with van der Waals surface area (Å²) in [6, 6.07) is 7.67. The van der Waals surface area contributed by atoms with Gasteiger partial charge in [-0.1, -0.05) is 12.1 Å². The van der Waals surface area contributed by atoms with Gasteiger partial charge >= 0.3 is 0 Å². The Balaban J connectivity index is 2.27. The zero-order valence-corrected chi connectivity index (χ0v) is 12.1. The number of imidazole rings is 1. The Morgan fingerprint density at radius 2 is 2.20 bits per heavy atom. The lowest BCUT2D eigenvalue weighted by Gasteiger charge is -2.08. The van der Waals surface area contributed by atoms with Gasteiger partial charge in [0, 0.05) is 16.6 Å². The van der Waals surface area contributed by atoms with Gasteiger partial charge in [-0.3, -0.25) is 9.20 Å². The van der Waals surface area contributed by atoms with E-state index in [9.17, 15) is 4.79 Å². The summed E-state index contributed by atoms with van der Waals surface area (Å²) in [7, 11) is 0. The van der Waals surface area contributed by atoms with Crippen LogP contribution in [0.25, 0.3) is 16.2 Å². The van der Waals surface area contributed by atoms with Crippen molar-refractivity contribution in [3.8, 4) is 17.0 Å². The van der Waals surface area contributed by atoms with E-state index >= 15 is 0 Å². The van der Waals surface area contributed by atoms with Crippen LogP contribution in [0.3, 0.4) is 0 Å². The summed E-state index contributed by atoms with van der Waals surface area (Å²) in [4.78, 5) is 16.9. The van der Waals surface area contributed by atoms with E-state index in [1.54, 1.807) is 0 Å². The van der Waals surface area contributed by atoms with E-state index in [4.69, 9.17) is 4.74 Å². The molecule has 20 heavy (non-hydrogen) atoms. The lowest BCUT2D eigenvalue weighted by atomic mass is 10.1. The molecule has 0 N–H and O–H groups in total. The number of para-hydroxylation sites is 1. The van der Waals surface area contributed by atoms with Gasteiger partial charge in [-0.2, -0.15) is 0 Å². The quantitative estimate of drug-likeness (QED) is 0.688. The topological polar surface area (TPSA) is 43.6 Å². The molecule has 5 heteroatoms. The Kier molecular flexibility index (Phi) is 3.28. The van der Waals surface area contributed by atoms with Gasteiger partial charge in [0.05, 0.1) is 6.61 Å². The Morgan fingerprint density at radius 3 is 2.95 bits per heavy atom. The van der Waals surface area contributed by atoms with Crippen molar-refractivity contribution < 1.29 is 9.53 Å². The molecule has 102 valence electrons. The first-order chi connectivity index (χ1) is 9.76. The molecule has 3 rings (SSSR count). The highest BCUT2D eigenvalue weighted by Crippen LogP contribution is 2.33. The lowest BCUT2D eigenvalue weighted by Crippen LogP contribution is -1.97. The van der Waals surface area contributed by atoms with E-state index in [0.29, 0.717) is 18.0 Å². The molecule has 0 aliphatic heterocycles. The number of ether oxygens (including phenoxy) is 1. The van der Waals surface area contributed by atoms with Gasteiger partial charge in [-0.05, 0) is 26.0 Å². The van der Waals surface area contributed by atoms with Gasteiger partial charge in [0.2, 0.25) is 0 Å². The maximum atomic E-state index is 11.5. The molecule has 0 amide bonds. The van der Waals surface area contributed by atoms with Crippen LogP contribution in [-0.2, 0) is 0 Å². The second kappa shape index (κ2) is 5.09. The first kappa shape index (κ1) is 12.9. The highest BCUT2D eigenvalue weighted by atomic mass is 32.1. The van der Waals surface area contributed by atoms with E-state index in [0.717, 1.165) is 28.3 Å². The molecule has 0 fully saturated rings. The summed E-state index contributed by atoms with van der Waals surface area (Å²) in [6.07, 6.45) is 0.859. The van der Waals surface area contributed by atoms with Gasteiger partial charge in [-0.15, -0.1) is 11.3 Å². The van der Waals surface area contributed by atoms with Gasteiger partial charge < -0.3 is 4.74 Å². The number of carbonyl (C=O) groups excluding carboxylic acids is 1. The minimum atomic E-state index is 0.575. The average Bonchev–Trinajstić information content (AvgIpc) is 3.00. The van der Waals surface area contributed by atoms with E-state index in [-0.39, 0.29) is 0 Å². The molecule has 2 aromatic heterocycles. The summed E-state index contributed by atoms with van der Waals surface area (Å²) in [5.41, 5.74) is 3.12. The molecule has 0 atom stereocenters.